The summed E-state index contributed by atoms with van der Waals surface area (Å²) in [4.78, 5) is 0. The van der Waals surface area contributed by atoms with Gasteiger partial charge in [0.1, 0.15) is 5.75 Å². The summed E-state index contributed by atoms with van der Waals surface area (Å²) in [5.41, 5.74) is 2.79. The van der Waals surface area contributed by atoms with E-state index in [2.05, 4.69) is 38.5 Å². The molecule has 0 aromatic heterocycles. The molecule has 0 aliphatic rings. The third kappa shape index (κ3) is 6.88. The summed E-state index contributed by atoms with van der Waals surface area (Å²) in [5.74, 6) is 0.411. The number of phenolic OH excluding ortho intramolecular Hbond substituents is 1. The average Bonchev–Trinajstić information content (AvgIpc) is 2.45. The summed E-state index contributed by atoms with van der Waals surface area (Å²) >= 11 is -0.556. The minimum atomic E-state index is -0.556. The fourth-order valence-electron chi connectivity index (χ4n) is 2.15. The van der Waals surface area contributed by atoms with Gasteiger partial charge in [0.15, 0.2) is 0 Å². The van der Waals surface area contributed by atoms with Gasteiger partial charge < -0.3 is 5.11 Å². The van der Waals surface area contributed by atoms with Gasteiger partial charge in [-0.15, -0.1) is 0 Å². The summed E-state index contributed by atoms with van der Waals surface area (Å²) in [6.45, 7) is 6.86. The summed E-state index contributed by atoms with van der Waals surface area (Å²) in [7, 11) is 10.0. The molecule has 1 unspecified atom stereocenters. The van der Waals surface area contributed by atoms with Crippen LogP contribution in [0, 0.1) is 6.92 Å². The molecule has 0 amide bonds. The first-order valence-corrected chi connectivity index (χ1v) is 14.9. The summed E-state index contributed by atoms with van der Waals surface area (Å²) in [5, 5.41) is 12.4. The second kappa shape index (κ2) is 11.0. The molecule has 0 heterocycles. The van der Waals surface area contributed by atoms with Crippen LogP contribution in [0.15, 0.2) is 42.5 Å². The van der Waals surface area contributed by atoms with E-state index in [4.69, 9.17) is 18.6 Å². The molecule has 1 nitrogen and oxygen atoms in total. The van der Waals surface area contributed by atoms with Gasteiger partial charge in [-0.1, -0.05) is 45.0 Å². The van der Waals surface area contributed by atoms with Crippen molar-refractivity contribution in [3.63, 3.8) is 0 Å². The fourth-order valence-corrected chi connectivity index (χ4v) is 4.66. The third-order valence-corrected chi connectivity index (χ3v) is 5.81. The van der Waals surface area contributed by atoms with Crippen LogP contribution in [0.4, 0.5) is 0 Å². The number of aromatic hydroxyl groups is 1. The minimum absolute atomic E-state index is 0.285. The summed E-state index contributed by atoms with van der Waals surface area (Å²) in [6, 6.07) is 14.2. The van der Waals surface area contributed by atoms with Crippen molar-refractivity contribution in [2.75, 3.05) is 13.3 Å². The number of rotatable bonds is 4. The quantitative estimate of drug-likeness (QED) is 0.574. The van der Waals surface area contributed by atoms with Gasteiger partial charge in [0.05, 0.1) is 6.16 Å². The van der Waals surface area contributed by atoms with Crippen molar-refractivity contribution in [2.45, 2.75) is 13.1 Å². The molecule has 0 radical (unpaired) electrons. The Labute approximate surface area is 153 Å². The molecule has 2 aromatic rings. The number of hydrogen-bond donors (Lipinski definition) is 1. The topological polar surface area (TPSA) is 20.2 Å². The van der Waals surface area contributed by atoms with Crippen LogP contribution in [0.3, 0.4) is 0 Å². The van der Waals surface area contributed by atoms with Crippen molar-refractivity contribution in [2.24, 2.45) is 0 Å². The zero-order chi connectivity index (χ0) is 16.5. The van der Waals surface area contributed by atoms with Crippen LogP contribution in [-0.2, 0) is 23.2 Å². The van der Waals surface area contributed by atoms with E-state index >= 15 is 0 Å². The molecule has 118 valence electrons. The van der Waals surface area contributed by atoms with E-state index in [1.165, 1.54) is 22.6 Å². The SMILES string of the molecule is Cc1cccc(C[PH+](C)C)c1Pc1ccccc1O.[Cl][Ti][Cl]. The maximum atomic E-state index is 9.95. The molecular formula is C16H21Cl2OP2Ti+. The van der Waals surface area contributed by atoms with Crippen LogP contribution >= 0.6 is 35.1 Å². The zero-order valence-electron chi connectivity index (χ0n) is 13.0. The second-order valence-electron chi connectivity index (χ2n) is 5.21. The predicted molar refractivity (Wildman–Crippen MR) is 102 cm³/mol. The van der Waals surface area contributed by atoms with Gasteiger partial charge in [-0.2, -0.15) is 0 Å². The Morgan fingerprint density at radius 1 is 1.09 bits per heavy atom. The van der Waals surface area contributed by atoms with E-state index in [1.54, 1.807) is 6.07 Å². The van der Waals surface area contributed by atoms with E-state index in [-0.39, 0.29) is 7.92 Å². The standard InChI is InChI=1S/C16H20OP2.2ClH.Ti/c1-12-7-6-8-13(11-19(2)3)16(12)18-15-10-5-4-9-14(15)17;;;/h4-10,17-18H,11H2,1-3H3;2*1H;/q;;;+2/p-1. The second-order valence-corrected chi connectivity index (χ2v) is 11.8. The molecule has 1 atom stereocenters. The third-order valence-electron chi connectivity index (χ3n) is 3.07. The molecule has 0 aliphatic carbocycles. The maximum absolute atomic E-state index is 9.95. The first-order chi connectivity index (χ1) is 10.5. The Morgan fingerprint density at radius 3 is 2.32 bits per heavy atom. The van der Waals surface area contributed by atoms with Crippen LogP contribution in [0.25, 0.3) is 0 Å². The van der Waals surface area contributed by atoms with Crippen molar-refractivity contribution in [1.82, 2.24) is 0 Å². The van der Waals surface area contributed by atoms with Gasteiger partial charge in [0, 0.05) is 18.6 Å². The van der Waals surface area contributed by atoms with Gasteiger partial charge in [-0.25, -0.2) is 0 Å². The van der Waals surface area contributed by atoms with Crippen LogP contribution in [0.5, 0.6) is 5.75 Å². The molecule has 0 fully saturated rings. The van der Waals surface area contributed by atoms with Crippen LogP contribution in [-0.4, -0.2) is 18.4 Å². The van der Waals surface area contributed by atoms with Crippen LogP contribution < -0.4 is 10.6 Å². The number of halogens is 2. The molecule has 0 saturated carbocycles. The average molecular weight is 410 g/mol. The van der Waals surface area contributed by atoms with E-state index in [1.807, 2.05) is 18.2 Å². The Kier molecular flexibility index (Phi) is 10.3. The Balaban J connectivity index is 0.000000745. The van der Waals surface area contributed by atoms with Crippen molar-refractivity contribution >= 4 is 45.7 Å². The molecule has 2 aromatic carbocycles. The first-order valence-electron chi connectivity index (χ1n) is 6.88. The van der Waals surface area contributed by atoms with Crippen LogP contribution in [0.2, 0.25) is 0 Å². The molecule has 1 N–H and O–H groups in total. The zero-order valence-corrected chi connectivity index (χ0v) is 18.0. The van der Waals surface area contributed by atoms with E-state index in [0.717, 1.165) is 5.30 Å². The van der Waals surface area contributed by atoms with Crippen LogP contribution in [0.1, 0.15) is 11.1 Å². The Bertz CT molecular complexity index is 594. The Hall–Kier alpha value is 0.394. The number of hydrogen-bond acceptors (Lipinski definition) is 1. The van der Waals surface area contributed by atoms with Crippen molar-refractivity contribution in [1.29, 1.82) is 0 Å². The van der Waals surface area contributed by atoms with Gasteiger partial charge in [-0.3, -0.25) is 0 Å². The molecule has 0 saturated heterocycles. The summed E-state index contributed by atoms with van der Waals surface area (Å²) in [6.07, 6.45) is 1.20. The van der Waals surface area contributed by atoms with Crippen molar-refractivity contribution < 1.29 is 22.1 Å². The van der Waals surface area contributed by atoms with Gasteiger partial charge in [0.25, 0.3) is 0 Å². The molecule has 0 aliphatic heterocycles. The molecule has 6 heteroatoms. The van der Waals surface area contributed by atoms with Crippen molar-refractivity contribution in [3.8, 4) is 5.75 Å². The number of para-hydroxylation sites is 1. The fraction of sp³-hybridized carbons (Fsp3) is 0.250. The van der Waals surface area contributed by atoms with E-state index < -0.39 is 17.0 Å². The molecule has 0 bridgehead atoms. The number of benzene rings is 2. The predicted octanol–water partition coefficient (Wildman–Crippen LogP) is 4.68. The van der Waals surface area contributed by atoms with E-state index in [0.29, 0.717) is 14.3 Å². The molecule has 0 spiro atoms. The van der Waals surface area contributed by atoms with Crippen molar-refractivity contribution in [3.05, 3.63) is 53.6 Å². The van der Waals surface area contributed by atoms with Gasteiger partial charge >= 0.3 is 35.6 Å². The number of phenols is 1. The van der Waals surface area contributed by atoms with Gasteiger partial charge in [-0.05, 0) is 37.3 Å². The monoisotopic (exact) mass is 409 g/mol. The molecule has 2 rings (SSSR count). The Morgan fingerprint density at radius 2 is 1.73 bits per heavy atom. The van der Waals surface area contributed by atoms with Gasteiger partial charge in [0.2, 0.25) is 0 Å². The number of aryl methyl sites for hydroxylation is 1. The summed E-state index contributed by atoms with van der Waals surface area (Å²) < 4.78 is 0. The van der Waals surface area contributed by atoms with E-state index in [9.17, 15) is 5.11 Å². The molecular weight excluding hydrogens is 389 g/mol. The first kappa shape index (κ1) is 20.4. The molecule has 22 heavy (non-hydrogen) atoms. The normalized spacial score (nSPS) is 10.6.